The number of rotatable bonds is 4. The highest BCUT2D eigenvalue weighted by molar-refractivity contribution is 5.92. The molecule has 0 aliphatic carbocycles. The van der Waals surface area contributed by atoms with Gasteiger partial charge in [-0.05, 0) is 19.4 Å². The third kappa shape index (κ3) is 3.06. The van der Waals surface area contributed by atoms with E-state index in [-0.39, 0.29) is 11.8 Å². The average Bonchev–Trinajstić information content (AvgIpc) is 2.69. The molecule has 1 atom stereocenters. The number of amides is 1. The molecule has 5 heteroatoms. The van der Waals surface area contributed by atoms with E-state index in [9.17, 15) is 4.79 Å². The van der Waals surface area contributed by atoms with Crippen LogP contribution in [-0.2, 0) is 13.5 Å². The molecule has 0 N–H and O–H groups in total. The summed E-state index contributed by atoms with van der Waals surface area (Å²) in [5.41, 5.74) is 1.46. The van der Waals surface area contributed by atoms with Crippen LogP contribution in [0.2, 0.25) is 0 Å². The second-order valence-corrected chi connectivity index (χ2v) is 4.21. The molecule has 1 rings (SSSR count). The van der Waals surface area contributed by atoms with Gasteiger partial charge in [-0.1, -0.05) is 6.92 Å². The van der Waals surface area contributed by atoms with Gasteiger partial charge in [0.2, 0.25) is 0 Å². The maximum Gasteiger partial charge on any atom is 0.271 e. The summed E-state index contributed by atoms with van der Waals surface area (Å²) in [6.45, 7) is 4.23. The molecule has 0 fully saturated rings. The van der Waals surface area contributed by atoms with Crippen LogP contribution >= 0.6 is 0 Å². The summed E-state index contributed by atoms with van der Waals surface area (Å²) in [5.74, 6) is -0.260. The molecule has 5 nitrogen and oxygen atoms in total. The second-order valence-electron chi connectivity index (χ2n) is 4.21. The molecular weight excluding hydrogens is 216 g/mol. The molecule has 1 unspecified atom stereocenters. The molecule has 1 heterocycles. The van der Waals surface area contributed by atoms with Crippen LogP contribution < -0.4 is 0 Å². The molecular formula is C12H18N4O. The van der Waals surface area contributed by atoms with Crippen molar-refractivity contribution in [1.82, 2.24) is 14.7 Å². The first kappa shape index (κ1) is 13.2. The standard InChI is InChI=1S/C12H18N4O/c1-5-10-6-11(16(4)14-10)12(17)15(3)8-9(2)7-13/h6,9H,5,8H2,1-4H3. The molecule has 0 saturated carbocycles. The second kappa shape index (κ2) is 5.48. The maximum absolute atomic E-state index is 12.1. The molecule has 17 heavy (non-hydrogen) atoms. The van der Waals surface area contributed by atoms with Crippen LogP contribution in [-0.4, -0.2) is 34.2 Å². The lowest BCUT2D eigenvalue weighted by atomic mass is 10.2. The van der Waals surface area contributed by atoms with Crippen molar-refractivity contribution in [3.63, 3.8) is 0 Å². The van der Waals surface area contributed by atoms with Crippen molar-refractivity contribution >= 4 is 5.91 Å². The van der Waals surface area contributed by atoms with Gasteiger partial charge in [-0.25, -0.2) is 0 Å². The summed E-state index contributed by atoms with van der Waals surface area (Å²) >= 11 is 0. The van der Waals surface area contributed by atoms with E-state index in [4.69, 9.17) is 5.26 Å². The molecule has 0 aliphatic heterocycles. The summed E-state index contributed by atoms with van der Waals surface area (Å²) in [4.78, 5) is 13.7. The molecule has 0 aliphatic rings. The van der Waals surface area contributed by atoms with Gasteiger partial charge in [0.05, 0.1) is 17.7 Å². The van der Waals surface area contributed by atoms with Crippen molar-refractivity contribution in [1.29, 1.82) is 5.26 Å². The average molecular weight is 234 g/mol. The molecule has 0 bridgehead atoms. The first-order valence-corrected chi connectivity index (χ1v) is 5.67. The van der Waals surface area contributed by atoms with Crippen LogP contribution in [0.25, 0.3) is 0 Å². The summed E-state index contributed by atoms with van der Waals surface area (Å²) in [5, 5.41) is 13.0. The normalized spacial score (nSPS) is 11.9. The van der Waals surface area contributed by atoms with Crippen LogP contribution in [0, 0.1) is 17.2 Å². The fourth-order valence-electron chi connectivity index (χ4n) is 1.63. The molecule has 1 aromatic rings. The van der Waals surface area contributed by atoms with Gasteiger partial charge in [0.1, 0.15) is 5.69 Å². The van der Waals surface area contributed by atoms with Gasteiger partial charge >= 0.3 is 0 Å². The maximum atomic E-state index is 12.1. The van der Waals surface area contributed by atoms with Gasteiger partial charge in [0, 0.05) is 20.6 Å². The van der Waals surface area contributed by atoms with Crippen molar-refractivity contribution in [3.05, 3.63) is 17.5 Å². The zero-order valence-corrected chi connectivity index (χ0v) is 10.8. The zero-order valence-electron chi connectivity index (χ0n) is 10.8. The van der Waals surface area contributed by atoms with Gasteiger partial charge in [-0.2, -0.15) is 10.4 Å². The van der Waals surface area contributed by atoms with Gasteiger partial charge in [-0.3, -0.25) is 9.48 Å². The third-order valence-corrected chi connectivity index (χ3v) is 2.63. The molecule has 0 saturated heterocycles. The van der Waals surface area contributed by atoms with E-state index >= 15 is 0 Å². The molecule has 0 spiro atoms. The van der Waals surface area contributed by atoms with E-state index in [0.29, 0.717) is 12.2 Å². The number of carbonyl (C=O) groups is 1. The zero-order chi connectivity index (χ0) is 13.0. The number of aryl methyl sites for hydroxylation is 2. The Kier molecular flexibility index (Phi) is 4.27. The van der Waals surface area contributed by atoms with E-state index in [0.717, 1.165) is 12.1 Å². The number of hydrogen-bond donors (Lipinski definition) is 0. The van der Waals surface area contributed by atoms with Gasteiger partial charge in [0.25, 0.3) is 5.91 Å². The lowest BCUT2D eigenvalue weighted by Crippen LogP contribution is -2.32. The first-order chi connectivity index (χ1) is 7.99. The summed E-state index contributed by atoms with van der Waals surface area (Å²) in [7, 11) is 3.46. The Morgan fingerprint density at radius 3 is 2.82 bits per heavy atom. The Labute approximate surface area is 102 Å². The fourth-order valence-corrected chi connectivity index (χ4v) is 1.63. The van der Waals surface area contributed by atoms with E-state index in [2.05, 4.69) is 11.2 Å². The van der Waals surface area contributed by atoms with Crippen molar-refractivity contribution in [2.45, 2.75) is 20.3 Å². The number of nitrogens with zero attached hydrogens (tertiary/aromatic N) is 4. The minimum atomic E-state index is -0.164. The Morgan fingerprint density at radius 1 is 1.71 bits per heavy atom. The van der Waals surface area contributed by atoms with Crippen LogP contribution in [0.5, 0.6) is 0 Å². The fraction of sp³-hybridized carbons (Fsp3) is 0.583. The largest absolute Gasteiger partial charge is 0.339 e. The molecule has 0 radical (unpaired) electrons. The highest BCUT2D eigenvalue weighted by atomic mass is 16.2. The molecule has 92 valence electrons. The van der Waals surface area contributed by atoms with Gasteiger partial charge < -0.3 is 4.90 Å². The topological polar surface area (TPSA) is 61.9 Å². The number of carbonyl (C=O) groups excluding carboxylic acids is 1. The van der Waals surface area contributed by atoms with Crippen molar-refractivity contribution < 1.29 is 4.79 Å². The van der Waals surface area contributed by atoms with Gasteiger partial charge in [0.15, 0.2) is 0 Å². The van der Waals surface area contributed by atoms with E-state index < -0.39 is 0 Å². The predicted octanol–water partition coefficient (Wildman–Crippen LogP) is 1.21. The van der Waals surface area contributed by atoms with E-state index in [1.807, 2.05) is 6.92 Å². The van der Waals surface area contributed by atoms with Crippen LogP contribution in [0.15, 0.2) is 6.07 Å². The Bertz CT molecular complexity index is 444. The molecule has 0 aromatic carbocycles. The van der Waals surface area contributed by atoms with Gasteiger partial charge in [-0.15, -0.1) is 0 Å². The summed E-state index contributed by atoms with van der Waals surface area (Å²) in [6.07, 6.45) is 0.805. The highest BCUT2D eigenvalue weighted by Gasteiger charge is 2.18. The lowest BCUT2D eigenvalue weighted by molar-refractivity contribution is 0.0774. The lowest BCUT2D eigenvalue weighted by Gasteiger charge is -2.17. The van der Waals surface area contributed by atoms with Crippen LogP contribution in [0.4, 0.5) is 0 Å². The first-order valence-electron chi connectivity index (χ1n) is 5.67. The monoisotopic (exact) mass is 234 g/mol. The van der Waals surface area contributed by atoms with E-state index in [1.165, 1.54) is 0 Å². The SMILES string of the molecule is CCc1cc(C(=O)N(C)CC(C)C#N)n(C)n1. The van der Waals surface area contributed by atoms with Crippen LogP contribution in [0.3, 0.4) is 0 Å². The van der Waals surface area contributed by atoms with Crippen molar-refractivity contribution in [3.8, 4) is 6.07 Å². The quantitative estimate of drug-likeness (QED) is 0.786. The third-order valence-electron chi connectivity index (χ3n) is 2.63. The van der Waals surface area contributed by atoms with Crippen molar-refractivity contribution in [2.24, 2.45) is 13.0 Å². The molecule has 1 amide bonds. The minimum absolute atomic E-state index is 0.0956. The number of aromatic nitrogens is 2. The van der Waals surface area contributed by atoms with Crippen molar-refractivity contribution in [2.75, 3.05) is 13.6 Å². The summed E-state index contributed by atoms with van der Waals surface area (Å²) in [6, 6.07) is 3.92. The number of hydrogen-bond acceptors (Lipinski definition) is 3. The molecule has 1 aromatic heterocycles. The summed E-state index contributed by atoms with van der Waals surface area (Å²) < 4.78 is 1.59. The Morgan fingerprint density at radius 2 is 2.35 bits per heavy atom. The minimum Gasteiger partial charge on any atom is -0.339 e. The van der Waals surface area contributed by atoms with E-state index in [1.54, 1.807) is 36.7 Å². The smallest absolute Gasteiger partial charge is 0.271 e. The Balaban J connectivity index is 2.82. The predicted molar refractivity (Wildman–Crippen MR) is 64.3 cm³/mol. The Hall–Kier alpha value is -1.83. The van der Waals surface area contributed by atoms with Crippen LogP contribution in [0.1, 0.15) is 30.0 Å². The highest BCUT2D eigenvalue weighted by Crippen LogP contribution is 2.08. The number of nitriles is 1.